The van der Waals surface area contributed by atoms with Gasteiger partial charge in [-0.1, -0.05) is 41.4 Å². The predicted octanol–water partition coefficient (Wildman–Crippen LogP) is 4.28. The van der Waals surface area contributed by atoms with Crippen LogP contribution in [0.25, 0.3) is 5.03 Å². The van der Waals surface area contributed by atoms with E-state index in [4.69, 9.17) is 32.7 Å². The van der Waals surface area contributed by atoms with Crippen LogP contribution in [0.1, 0.15) is 5.56 Å². The van der Waals surface area contributed by atoms with Gasteiger partial charge in [0.15, 0.2) is 15.9 Å². The van der Waals surface area contributed by atoms with Gasteiger partial charge in [-0.2, -0.15) is 0 Å². The number of methoxy groups -OCH3 is 2. The summed E-state index contributed by atoms with van der Waals surface area (Å²) < 4.78 is 34.9. The molecule has 0 fully saturated rings. The minimum atomic E-state index is -3.88. The van der Waals surface area contributed by atoms with E-state index in [9.17, 15) is 8.42 Å². The van der Waals surface area contributed by atoms with Crippen molar-refractivity contribution in [1.29, 1.82) is 0 Å². The van der Waals surface area contributed by atoms with E-state index in [2.05, 4.69) is 0 Å². The van der Waals surface area contributed by atoms with Gasteiger partial charge in [0.1, 0.15) is 0 Å². The number of hydrogen-bond acceptors (Lipinski definition) is 4. The second kappa shape index (κ2) is 7.25. The first-order valence-electron chi connectivity index (χ1n) is 6.49. The summed E-state index contributed by atoms with van der Waals surface area (Å²) in [7, 11) is -0.905. The van der Waals surface area contributed by atoms with Crippen molar-refractivity contribution in [2.24, 2.45) is 0 Å². The van der Waals surface area contributed by atoms with Gasteiger partial charge in [-0.05, 0) is 35.9 Å². The fourth-order valence-electron chi connectivity index (χ4n) is 1.91. The zero-order valence-corrected chi connectivity index (χ0v) is 14.7. The molecule has 0 N–H and O–H groups in total. The van der Waals surface area contributed by atoms with Crippen molar-refractivity contribution in [3.8, 4) is 11.5 Å². The fourth-order valence-corrected chi connectivity index (χ4v) is 3.78. The Hall–Kier alpha value is -1.69. The van der Waals surface area contributed by atoms with E-state index in [1.807, 2.05) is 0 Å². The van der Waals surface area contributed by atoms with E-state index in [0.29, 0.717) is 17.1 Å². The first kappa shape index (κ1) is 17.7. The van der Waals surface area contributed by atoms with Crippen molar-refractivity contribution in [3.63, 3.8) is 0 Å². The molecule has 0 amide bonds. The molecule has 0 saturated carbocycles. The molecule has 23 heavy (non-hydrogen) atoms. The molecule has 2 aromatic carbocycles. The maximum atomic E-state index is 12.5. The van der Waals surface area contributed by atoms with E-state index in [-0.39, 0.29) is 9.93 Å². The summed E-state index contributed by atoms with van der Waals surface area (Å²) in [5.41, 5.74) is 0.411. The number of benzene rings is 2. The third kappa shape index (κ3) is 3.63. The number of rotatable bonds is 5. The number of halogens is 2. The lowest BCUT2D eigenvalue weighted by molar-refractivity contribution is 0.355. The van der Waals surface area contributed by atoms with Gasteiger partial charge in [-0.3, -0.25) is 0 Å². The first-order chi connectivity index (χ1) is 10.9. The number of ether oxygens (including phenoxy) is 2. The number of sulfone groups is 1. The predicted molar refractivity (Wildman–Crippen MR) is 91.8 cm³/mol. The highest BCUT2D eigenvalue weighted by molar-refractivity contribution is 7.97. The van der Waals surface area contributed by atoms with Crippen molar-refractivity contribution in [2.75, 3.05) is 14.2 Å². The Kier molecular flexibility index (Phi) is 5.57. The normalized spacial score (nSPS) is 12.5. The van der Waals surface area contributed by atoms with Crippen LogP contribution in [0, 0.1) is 0 Å². The molecular weight excluding hydrogens is 359 g/mol. The van der Waals surface area contributed by atoms with E-state index in [1.54, 1.807) is 36.4 Å². The Balaban J connectivity index is 2.53. The monoisotopic (exact) mass is 372 g/mol. The number of hydrogen-bond donors (Lipinski definition) is 0. The van der Waals surface area contributed by atoms with Crippen LogP contribution in [0.15, 0.2) is 57.8 Å². The quantitative estimate of drug-likeness (QED) is 0.785. The molecule has 0 spiro atoms. The van der Waals surface area contributed by atoms with Gasteiger partial charge in [-0.15, -0.1) is 0 Å². The molecule has 2 aromatic rings. The minimum absolute atomic E-state index is 0.0728. The maximum Gasteiger partial charge on any atom is 0.218 e. The zero-order chi connectivity index (χ0) is 17.0. The lowest BCUT2D eigenvalue weighted by Crippen LogP contribution is -2.02. The minimum Gasteiger partial charge on any atom is -0.493 e. The largest absolute Gasteiger partial charge is 0.493 e. The van der Waals surface area contributed by atoms with Gasteiger partial charge in [0, 0.05) is 0 Å². The summed E-state index contributed by atoms with van der Waals surface area (Å²) in [5.74, 6) is 0.924. The van der Waals surface area contributed by atoms with E-state index < -0.39 is 14.2 Å². The van der Waals surface area contributed by atoms with Gasteiger partial charge < -0.3 is 9.47 Å². The van der Waals surface area contributed by atoms with Crippen LogP contribution < -0.4 is 9.47 Å². The van der Waals surface area contributed by atoms with Gasteiger partial charge in [0.05, 0.1) is 24.1 Å². The molecule has 0 bridgehead atoms. The van der Waals surface area contributed by atoms with Crippen LogP contribution in [0.3, 0.4) is 0 Å². The Labute approximate surface area is 145 Å². The summed E-state index contributed by atoms with van der Waals surface area (Å²) in [6.07, 6.45) is 0. The van der Waals surface area contributed by atoms with Crippen molar-refractivity contribution >= 4 is 38.1 Å². The Bertz CT molecular complexity index is 830. The molecular formula is C16H14Cl2O4S. The molecule has 7 heteroatoms. The van der Waals surface area contributed by atoms with Crippen molar-refractivity contribution in [1.82, 2.24) is 0 Å². The lowest BCUT2D eigenvalue weighted by atomic mass is 10.2. The fraction of sp³-hybridized carbons (Fsp3) is 0.125. The summed E-state index contributed by atoms with van der Waals surface area (Å²) in [5, 5.41) is -0.0866. The van der Waals surface area contributed by atoms with Gasteiger partial charge in [0.25, 0.3) is 0 Å². The van der Waals surface area contributed by atoms with Gasteiger partial charge in [-0.25, -0.2) is 8.42 Å². The summed E-state index contributed by atoms with van der Waals surface area (Å²) >= 11 is 12.2. The highest BCUT2D eigenvalue weighted by Gasteiger charge is 2.23. The second-order valence-corrected chi connectivity index (χ2v) is 7.34. The molecule has 4 nitrogen and oxygen atoms in total. The molecule has 0 atom stereocenters. The van der Waals surface area contributed by atoms with Crippen LogP contribution in [-0.4, -0.2) is 22.6 Å². The molecule has 2 rings (SSSR count). The Morgan fingerprint density at radius 1 is 0.913 bits per heavy atom. The van der Waals surface area contributed by atoms with Crippen LogP contribution in [-0.2, 0) is 9.84 Å². The smallest absolute Gasteiger partial charge is 0.218 e. The molecule has 0 heterocycles. The average Bonchev–Trinajstić information content (AvgIpc) is 2.60. The SMILES string of the molecule is COc1ccc(/C(Cl)=C(/Cl)S(=O)(=O)c2ccccc2)cc1OC. The third-order valence-corrected chi connectivity index (χ3v) is 6.08. The standard InChI is InChI=1S/C16H14Cl2O4S/c1-21-13-9-8-11(10-14(13)22-2)15(17)16(18)23(19,20)12-6-4-3-5-7-12/h3-10H,1-2H3/b16-15+. The van der Waals surface area contributed by atoms with Crippen LogP contribution in [0.4, 0.5) is 0 Å². The third-order valence-electron chi connectivity index (χ3n) is 3.10. The summed E-state index contributed by atoms with van der Waals surface area (Å²) in [4.78, 5) is 0.0728. The van der Waals surface area contributed by atoms with Gasteiger partial charge >= 0.3 is 0 Å². The zero-order valence-electron chi connectivity index (χ0n) is 12.4. The average molecular weight is 373 g/mol. The Morgan fingerprint density at radius 3 is 2.09 bits per heavy atom. The van der Waals surface area contributed by atoms with E-state index in [0.717, 1.165) is 0 Å². The molecule has 0 aliphatic heterocycles. The molecule has 0 saturated heterocycles. The summed E-state index contributed by atoms with van der Waals surface area (Å²) in [6.45, 7) is 0. The highest BCUT2D eigenvalue weighted by Crippen LogP contribution is 2.36. The molecule has 0 radical (unpaired) electrons. The van der Waals surface area contributed by atoms with Gasteiger partial charge in [0.2, 0.25) is 9.84 Å². The van der Waals surface area contributed by atoms with Crippen molar-refractivity contribution in [2.45, 2.75) is 4.90 Å². The van der Waals surface area contributed by atoms with E-state index in [1.165, 1.54) is 26.4 Å². The van der Waals surface area contributed by atoms with Crippen LogP contribution in [0.2, 0.25) is 0 Å². The molecule has 0 aliphatic carbocycles. The van der Waals surface area contributed by atoms with Crippen LogP contribution in [0.5, 0.6) is 11.5 Å². The van der Waals surface area contributed by atoms with Crippen molar-refractivity contribution < 1.29 is 17.9 Å². The molecule has 0 aliphatic rings. The highest BCUT2D eigenvalue weighted by atomic mass is 35.5. The van der Waals surface area contributed by atoms with Crippen LogP contribution >= 0.6 is 23.2 Å². The summed E-state index contributed by atoms with van der Waals surface area (Å²) in [6, 6.07) is 12.6. The first-order valence-corrected chi connectivity index (χ1v) is 8.73. The topological polar surface area (TPSA) is 52.6 Å². The molecule has 0 aromatic heterocycles. The molecule has 0 unspecified atom stereocenters. The second-order valence-electron chi connectivity index (χ2n) is 4.47. The Morgan fingerprint density at radius 2 is 1.52 bits per heavy atom. The van der Waals surface area contributed by atoms with Crippen molar-refractivity contribution in [3.05, 3.63) is 58.5 Å². The maximum absolute atomic E-state index is 12.5. The van der Waals surface area contributed by atoms with E-state index >= 15 is 0 Å². The molecule has 122 valence electrons. The lowest BCUT2D eigenvalue weighted by Gasteiger charge is -2.10.